The van der Waals surface area contributed by atoms with Crippen molar-refractivity contribution in [1.82, 2.24) is 5.32 Å². The van der Waals surface area contributed by atoms with Gasteiger partial charge in [-0.1, -0.05) is 12.1 Å². The van der Waals surface area contributed by atoms with E-state index >= 15 is 0 Å². The molecule has 0 unspecified atom stereocenters. The Morgan fingerprint density at radius 3 is 2.83 bits per heavy atom. The highest BCUT2D eigenvalue weighted by molar-refractivity contribution is 7.11. The third kappa shape index (κ3) is 3.86. The van der Waals surface area contributed by atoms with Gasteiger partial charge in [0.25, 0.3) is 0 Å². The first kappa shape index (κ1) is 13.1. The van der Waals surface area contributed by atoms with Crippen molar-refractivity contribution >= 4 is 11.3 Å². The summed E-state index contributed by atoms with van der Waals surface area (Å²) in [6.07, 6.45) is 1.03. The van der Waals surface area contributed by atoms with Crippen LogP contribution in [0.25, 0.3) is 0 Å². The highest BCUT2D eigenvalue weighted by Crippen LogP contribution is 2.15. The summed E-state index contributed by atoms with van der Waals surface area (Å²) >= 11 is 1.86. The Hall–Kier alpha value is -1.32. The van der Waals surface area contributed by atoms with Gasteiger partial charge in [-0.05, 0) is 49.7 Å². The number of ether oxygens (including phenoxy) is 1. The summed E-state index contributed by atoms with van der Waals surface area (Å²) in [5.74, 6) is 0.932. The number of nitrogens with one attached hydrogen (secondary N) is 1. The maximum Gasteiger partial charge on any atom is 0.119 e. The van der Waals surface area contributed by atoms with Crippen LogP contribution in [0.2, 0.25) is 0 Å². The molecule has 0 aliphatic carbocycles. The number of rotatable bonds is 6. The van der Waals surface area contributed by atoms with Crippen LogP contribution in [-0.4, -0.2) is 13.7 Å². The molecule has 96 valence electrons. The summed E-state index contributed by atoms with van der Waals surface area (Å²) in [5, 5.41) is 3.47. The highest BCUT2D eigenvalue weighted by Gasteiger charge is 1.98. The molecule has 1 aromatic heterocycles. The van der Waals surface area contributed by atoms with Gasteiger partial charge >= 0.3 is 0 Å². The van der Waals surface area contributed by atoms with Crippen LogP contribution in [0.3, 0.4) is 0 Å². The molecule has 1 N–H and O–H groups in total. The molecule has 1 heterocycles. The fraction of sp³-hybridized carbons (Fsp3) is 0.333. The van der Waals surface area contributed by atoms with Crippen molar-refractivity contribution in [3.05, 3.63) is 51.7 Å². The van der Waals surface area contributed by atoms with Crippen LogP contribution in [0.4, 0.5) is 0 Å². The second kappa shape index (κ2) is 6.57. The monoisotopic (exact) mass is 261 g/mol. The van der Waals surface area contributed by atoms with E-state index in [9.17, 15) is 0 Å². The zero-order valence-corrected chi connectivity index (χ0v) is 11.7. The third-order valence-electron chi connectivity index (χ3n) is 2.82. The van der Waals surface area contributed by atoms with Gasteiger partial charge in [0, 0.05) is 16.3 Å². The van der Waals surface area contributed by atoms with Crippen LogP contribution in [0.5, 0.6) is 5.75 Å². The largest absolute Gasteiger partial charge is 0.497 e. The van der Waals surface area contributed by atoms with Crippen LogP contribution in [-0.2, 0) is 13.0 Å². The minimum Gasteiger partial charge on any atom is -0.497 e. The molecule has 0 spiro atoms. The summed E-state index contributed by atoms with van der Waals surface area (Å²) in [6.45, 7) is 4.09. The molecule has 2 rings (SSSR count). The first-order valence-corrected chi connectivity index (χ1v) is 6.98. The van der Waals surface area contributed by atoms with Crippen LogP contribution in [0.15, 0.2) is 36.4 Å². The predicted molar refractivity (Wildman–Crippen MR) is 77.5 cm³/mol. The molecule has 0 saturated carbocycles. The Bertz CT molecular complexity index is 493. The van der Waals surface area contributed by atoms with Crippen LogP contribution < -0.4 is 10.1 Å². The molecule has 0 saturated heterocycles. The van der Waals surface area contributed by atoms with Crippen LogP contribution >= 0.6 is 11.3 Å². The first-order chi connectivity index (χ1) is 8.78. The molecule has 0 amide bonds. The molecule has 2 aromatic rings. The number of thiophene rings is 1. The minimum absolute atomic E-state index is 0.932. The number of benzene rings is 1. The standard InChI is InChI=1S/C15H19NOS/c1-12-6-7-15(18-12)11-16-9-8-13-4-3-5-14(10-13)17-2/h3-7,10,16H,8-9,11H2,1-2H3. The lowest BCUT2D eigenvalue weighted by Crippen LogP contribution is -2.15. The van der Waals surface area contributed by atoms with E-state index in [1.54, 1.807) is 7.11 Å². The summed E-state index contributed by atoms with van der Waals surface area (Å²) in [7, 11) is 1.70. The Morgan fingerprint density at radius 1 is 1.22 bits per heavy atom. The van der Waals surface area contributed by atoms with Gasteiger partial charge in [-0.2, -0.15) is 0 Å². The molecular formula is C15H19NOS. The molecule has 1 aromatic carbocycles. The van der Waals surface area contributed by atoms with E-state index in [0.717, 1.165) is 25.3 Å². The lowest BCUT2D eigenvalue weighted by atomic mass is 10.1. The molecule has 3 heteroatoms. The van der Waals surface area contributed by atoms with Crippen LogP contribution in [0.1, 0.15) is 15.3 Å². The molecular weight excluding hydrogens is 242 g/mol. The van der Waals surface area contributed by atoms with Crippen molar-refractivity contribution < 1.29 is 4.74 Å². The summed E-state index contributed by atoms with van der Waals surface area (Å²) < 4.78 is 5.21. The average molecular weight is 261 g/mol. The second-order valence-electron chi connectivity index (χ2n) is 4.29. The fourth-order valence-electron chi connectivity index (χ4n) is 1.85. The van der Waals surface area contributed by atoms with E-state index in [1.807, 2.05) is 23.5 Å². The van der Waals surface area contributed by atoms with Gasteiger partial charge in [0.05, 0.1) is 7.11 Å². The Kier molecular flexibility index (Phi) is 4.79. The Balaban J connectivity index is 1.74. The summed E-state index contributed by atoms with van der Waals surface area (Å²) in [4.78, 5) is 2.78. The number of aryl methyl sites for hydroxylation is 1. The van der Waals surface area contributed by atoms with E-state index < -0.39 is 0 Å². The fourth-order valence-corrected chi connectivity index (χ4v) is 2.71. The molecule has 0 aliphatic rings. The Morgan fingerprint density at radius 2 is 2.11 bits per heavy atom. The maximum absolute atomic E-state index is 5.21. The lowest BCUT2D eigenvalue weighted by molar-refractivity contribution is 0.414. The molecule has 0 atom stereocenters. The SMILES string of the molecule is COc1cccc(CCNCc2ccc(C)s2)c1. The summed E-state index contributed by atoms with van der Waals surface area (Å²) in [6, 6.07) is 12.6. The van der Waals surface area contributed by atoms with E-state index in [0.29, 0.717) is 0 Å². The zero-order chi connectivity index (χ0) is 12.8. The van der Waals surface area contributed by atoms with Gasteiger partial charge < -0.3 is 10.1 Å². The van der Waals surface area contributed by atoms with Gasteiger partial charge in [-0.25, -0.2) is 0 Å². The average Bonchev–Trinajstić information content (AvgIpc) is 2.81. The van der Waals surface area contributed by atoms with Crippen LogP contribution in [0, 0.1) is 6.92 Å². The second-order valence-corrected chi connectivity index (χ2v) is 5.66. The van der Waals surface area contributed by atoms with Crippen molar-refractivity contribution in [1.29, 1.82) is 0 Å². The molecule has 0 bridgehead atoms. The van der Waals surface area contributed by atoms with E-state index in [1.165, 1.54) is 15.3 Å². The van der Waals surface area contributed by atoms with Gasteiger partial charge in [-0.15, -0.1) is 11.3 Å². The van der Waals surface area contributed by atoms with E-state index in [-0.39, 0.29) is 0 Å². The normalized spacial score (nSPS) is 10.6. The smallest absolute Gasteiger partial charge is 0.119 e. The predicted octanol–water partition coefficient (Wildman–Crippen LogP) is 3.40. The molecule has 0 aliphatic heterocycles. The number of hydrogen-bond acceptors (Lipinski definition) is 3. The summed E-state index contributed by atoms with van der Waals surface area (Å²) in [5.41, 5.74) is 1.31. The quantitative estimate of drug-likeness (QED) is 0.805. The Labute approximate surface area is 113 Å². The molecule has 0 fully saturated rings. The zero-order valence-electron chi connectivity index (χ0n) is 10.9. The molecule has 18 heavy (non-hydrogen) atoms. The van der Waals surface area contributed by atoms with Gasteiger partial charge in [0.2, 0.25) is 0 Å². The van der Waals surface area contributed by atoms with Crippen molar-refractivity contribution in [3.8, 4) is 5.75 Å². The van der Waals surface area contributed by atoms with E-state index in [4.69, 9.17) is 4.74 Å². The first-order valence-electron chi connectivity index (χ1n) is 6.17. The highest BCUT2D eigenvalue weighted by atomic mass is 32.1. The van der Waals surface area contributed by atoms with Gasteiger partial charge in [0.1, 0.15) is 5.75 Å². The molecule has 2 nitrogen and oxygen atoms in total. The van der Waals surface area contributed by atoms with Crippen molar-refractivity contribution in [3.63, 3.8) is 0 Å². The topological polar surface area (TPSA) is 21.3 Å². The van der Waals surface area contributed by atoms with Crippen molar-refractivity contribution in [2.75, 3.05) is 13.7 Å². The third-order valence-corrected chi connectivity index (χ3v) is 3.82. The molecule has 0 radical (unpaired) electrons. The minimum atomic E-state index is 0.932. The van der Waals surface area contributed by atoms with Crippen molar-refractivity contribution in [2.45, 2.75) is 19.9 Å². The van der Waals surface area contributed by atoms with E-state index in [2.05, 4.69) is 36.5 Å². The lowest BCUT2D eigenvalue weighted by Gasteiger charge is -2.05. The van der Waals surface area contributed by atoms with Gasteiger partial charge in [-0.3, -0.25) is 0 Å². The number of methoxy groups -OCH3 is 1. The van der Waals surface area contributed by atoms with Gasteiger partial charge in [0.15, 0.2) is 0 Å². The number of hydrogen-bond donors (Lipinski definition) is 1. The van der Waals surface area contributed by atoms with Crippen molar-refractivity contribution in [2.24, 2.45) is 0 Å². The maximum atomic E-state index is 5.21.